The highest BCUT2D eigenvalue weighted by molar-refractivity contribution is 7.99. The van der Waals surface area contributed by atoms with Crippen LogP contribution in [0.15, 0.2) is 60.0 Å². The summed E-state index contributed by atoms with van der Waals surface area (Å²) in [7, 11) is 0. The Morgan fingerprint density at radius 1 is 1.17 bits per heavy atom. The molecule has 4 rings (SSSR count). The Bertz CT molecular complexity index is 1000. The monoisotopic (exact) mass is 469 g/mol. The van der Waals surface area contributed by atoms with E-state index in [4.69, 9.17) is 50.0 Å². The molecular formula is C20H18Cl3N3O2S. The summed E-state index contributed by atoms with van der Waals surface area (Å²) < 4.78 is 14.5. The van der Waals surface area contributed by atoms with Crippen LogP contribution in [0, 0.1) is 0 Å². The van der Waals surface area contributed by atoms with Gasteiger partial charge in [0, 0.05) is 33.6 Å². The van der Waals surface area contributed by atoms with Crippen molar-refractivity contribution in [1.82, 2.24) is 9.55 Å². The van der Waals surface area contributed by atoms with Crippen LogP contribution in [0.4, 0.5) is 5.69 Å². The van der Waals surface area contributed by atoms with Gasteiger partial charge >= 0.3 is 0 Å². The van der Waals surface area contributed by atoms with Crippen LogP contribution in [-0.2, 0) is 21.8 Å². The molecule has 2 N–H and O–H groups in total. The van der Waals surface area contributed by atoms with Crippen LogP contribution >= 0.6 is 46.6 Å². The van der Waals surface area contributed by atoms with E-state index in [9.17, 15) is 0 Å². The zero-order valence-corrected chi connectivity index (χ0v) is 18.3. The van der Waals surface area contributed by atoms with Gasteiger partial charge in [-0.2, -0.15) is 0 Å². The molecule has 0 saturated carbocycles. The fourth-order valence-electron chi connectivity index (χ4n) is 3.16. The third-order valence-electron chi connectivity index (χ3n) is 4.56. The van der Waals surface area contributed by atoms with Crippen molar-refractivity contribution in [3.63, 3.8) is 0 Å². The zero-order valence-electron chi connectivity index (χ0n) is 15.2. The maximum absolute atomic E-state index is 6.49. The molecule has 29 heavy (non-hydrogen) atoms. The Morgan fingerprint density at radius 3 is 2.76 bits per heavy atom. The summed E-state index contributed by atoms with van der Waals surface area (Å²) in [6.45, 7) is 0.854. The second kappa shape index (κ2) is 8.76. The first kappa shape index (κ1) is 20.8. The van der Waals surface area contributed by atoms with Crippen molar-refractivity contribution in [3.05, 3.63) is 75.8 Å². The molecule has 2 atom stereocenters. The van der Waals surface area contributed by atoms with Gasteiger partial charge in [-0.1, -0.05) is 40.9 Å². The third-order valence-corrected chi connectivity index (χ3v) is 6.56. The van der Waals surface area contributed by atoms with Crippen LogP contribution in [0.3, 0.4) is 0 Å². The fourth-order valence-corrected chi connectivity index (χ4v) is 4.87. The number of thioether (sulfide) groups is 1. The van der Waals surface area contributed by atoms with E-state index in [1.54, 1.807) is 42.5 Å². The molecule has 0 bridgehead atoms. The highest BCUT2D eigenvalue weighted by atomic mass is 35.5. The summed E-state index contributed by atoms with van der Waals surface area (Å²) in [6.07, 6.45) is 5.16. The number of nitrogens with zero attached hydrogens (tertiary/aromatic N) is 2. The number of rotatable bonds is 6. The molecule has 0 amide bonds. The number of aromatic nitrogens is 2. The molecule has 1 aliphatic rings. The molecule has 0 spiro atoms. The number of imidazole rings is 1. The first-order valence-electron chi connectivity index (χ1n) is 8.86. The summed E-state index contributed by atoms with van der Waals surface area (Å²) in [6, 6.07) is 10.9. The largest absolute Gasteiger partial charge is 0.398 e. The predicted octanol–water partition coefficient (Wildman–Crippen LogP) is 5.49. The molecule has 0 radical (unpaired) electrons. The molecule has 1 fully saturated rings. The predicted molar refractivity (Wildman–Crippen MR) is 118 cm³/mol. The summed E-state index contributed by atoms with van der Waals surface area (Å²) >= 11 is 20.3. The number of halogens is 3. The van der Waals surface area contributed by atoms with Gasteiger partial charge < -0.3 is 19.8 Å². The smallest absolute Gasteiger partial charge is 0.215 e. The lowest BCUT2D eigenvalue weighted by atomic mass is 10.1. The maximum atomic E-state index is 6.49. The summed E-state index contributed by atoms with van der Waals surface area (Å²) in [5, 5.41) is 1.60. The fraction of sp³-hybridized carbons (Fsp3) is 0.250. The minimum atomic E-state index is -1.02. The molecule has 1 saturated heterocycles. The quantitative estimate of drug-likeness (QED) is 0.381. The average molecular weight is 471 g/mol. The first-order chi connectivity index (χ1) is 13.9. The molecule has 2 heterocycles. The highest BCUT2D eigenvalue weighted by Crippen LogP contribution is 2.41. The van der Waals surface area contributed by atoms with Crippen molar-refractivity contribution in [2.24, 2.45) is 0 Å². The van der Waals surface area contributed by atoms with Crippen LogP contribution in [0.1, 0.15) is 5.56 Å². The molecule has 1 aromatic heterocycles. The number of ether oxygens (including phenoxy) is 2. The number of nitrogens with two attached hydrogens (primary N) is 1. The Kier molecular flexibility index (Phi) is 6.30. The number of anilines is 1. The van der Waals surface area contributed by atoms with Gasteiger partial charge in [0.1, 0.15) is 0 Å². The lowest BCUT2D eigenvalue weighted by Gasteiger charge is -2.30. The van der Waals surface area contributed by atoms with Crippen LogP contribution < -0.4 is 5.73 Å². The summed E-state index contributed by atoms with van der Waals surface area (Å²) in [4.78, 5) is 5.12. The van der Waals surface area contributed by atoms with E-state index >= 15 is 0 Å². The van der Waals surface area contributed by atoms with E-state index in [2.05, 4.69) is 4.98 Å². The van der Waals surface area contributed by atoms with Crippen molar-refractivity contribution in [2.45, 2.75) is 23.3 Å². The van der Waals surface area contributed by atoms with Crippen molar-refractivity contribution >= 4 is 52.3 Å². The van der Waals surface area contributed by atoms with Crippen LogP contribution in [0.5, 0.6) is 0 Å². The van der Waals surface area contributed by atoms with Gasteiger partial charge in [0.25, 0.3) is 0 Å². The van der Waals surface area contributed by atoms with E-state index in [1.807, 2.05) is 29.0 Å². The highest BCUT2D eigenvalue weighted by Gasteiger charge is 2.45. The SMILES string of the molecule is Nc1ccc(SC[C@@H]2CO[C@@](Cn3ccnc3)(c3ccc(Cl)cc3Cl)O2)cc1Cl. The molecule has 3 aromatic rings. The van der Waals surface area contributed by atoms with Gasteiger partial charge in [-0.05, 0) is 30.3 Å². The average Bonchev–Trinajstić information content (AvgIpc) is 3.33. The molecule has 0 unspecified atom stereocenters. The molecule has 1 aliphatic heterocycles. The number of benzene rings is 2. The Morgan fingerprint density at radius 2 is 2.03 bits per heavy atom. The van der Waals surface area contributed by atoms with Gasteiger partial charge in [0.2, 0.25) is 5.79 Å². The Labute approximate surface area is 188 Å². The molecular weight excluding hydrogens is 453 g/mol. The standard InChI is InChI=1S/C20H18Cl3N3O2S/c21-13-1-3-16(17(22)7-13)20(11-26-6-5-25-12-26)27-9-14(28-20)10-29-15-2-4-19(24)18(23)8-15/h1-8,12,14H,9-11,24H2/t14-,20+/m0/s1. The van der Waals surface area contributed by atoms with E-state index in [0.717, 1.165) is 10.5 Å². The molecule has 5 nitrogen and oxygen atoms in total. The van der Waals surface area contributed by atoms with Crippen LogP contribution in [0.2, 0.25) is 15.1 Å². The van der Waals surface area contributed by atoms with Crippen molar-refractivity contribution in [1.29, 1.82) is 0 Å². The van der Waals surface area contributed by atoms with Crippen LogP contribution in [-0.4, -0.2) is 28.0 Å². The van der Waals surface area contributed by atoms with E-state index in [-0.39, 0.29) is 6.10 Å². The second-order valence-electron chi connectivity index (χ2n) is 6.66. The van der Waals surface area contributed by atoms with Gasteiger partial charge in [-0.25, -0.2) is 4.98 Å². The summed E-state index contributed by atoms with van der Waals surface area (Å²) in [5.41, 5.74) is 7.08. The molecule has 0 aliphatic carbocycles. The lowest BCUT2D eigenvalue weighted by Crippen LogP contribution is -2.34. The topological polar surface area (TPSA) is 62.3 Å². The van der Waals surface area contributed by atoms with E-state index in [1.165, 1.54) is 0 Å². The maximum Gasteiger partial charge on any atom is 0.215 e. The van der Waals surface area contributed by atoms with Gasteiger partial charge in [0.15, 0.2) is 0 Å². The number of nitrogen functional groups attached to an aromatic ring is 1. The van der Waals surface area contributed by atoms with E-state index < -0.39 is 5.79 Å². The van der Waals surface area contributed by atoms with Gasteiger partial charge in [-0.15, -0.1) is 11.8 Å². The molecule has 152 valence electrons. The number of hydrogen-bond acceptors (Lipinski definition) is 5. The Hall–Kier alpha value is -1.41. The van der Waals surface area contributed by atoms with Crippen molar-refractivity contribution in [2.75, 3.05) is 18.1 Å². The summed E-state index contributed by atoms with van der Waals surface area (Å²) in [5.74, 6) is -0.330. The Balaban J connectivity index is 1.54. The third kappa shape index (κ3) is 4.68. The normalized spacial score (nSPS) is 21.6. The van der Waals surface area contributed by atoms with Gasteiger partial charge in [0.05, 0.1) is 41.3 Å². The number of hydrogen-bond donors (Lipinski definition) is 1. The lowest BCUT2D eigenvalue weighted by molar-refractivity contribution is -0.184. The van der Waals surface area contributed by atoms with E-state index in [0.29, 0.717) is 39.7 Å². The van der Waals surface area contributed by atoms with Gasteiger partial charge in [-0.3, -0.25) is 0 Å². The van der Waals surface area contributed by atoms with Crippen molar-refractivity contribution in [3.8, 4) is 0 Å². The minimum Gasteiger partial charge on any atom is -0.398 e. The zero-order chi connectivity index (χ0) is 20.4. The minimum absolute atomic E-state index is 0.133. The molecule has 2 aromatic carbocycles. The first-order valence-corrected chi connectivity index (χ1v) is 11.0. The second-order valence-corrected chi connectivity index (χ2v) is 9.00. The molecule has 9 heteroatoms. The van der Waals surface area contributed by atoms with Crippen molar-refractivity contribution < 1.29 is 9.47 Å². The van der Waals surface area contributed by atoms with Crippen LogP contribution in [0.25, 0.3) is 0 Å².